The molecule has 4 heterocycles. The lowest BCUT2D eigenvalue weighted by Gasteiger charge is -2.07. The number of nitrogens with two attached hydrogens (primary N) is 2. The SMILES string of the molecule is COCCCNCc1ccc(-n2nc(-c3ccc(Oc4ccccc4)cc3)c3c(N)ncnc32)cc1.COCCNCc1ccc(-n2nc(-c3ccc(Oc4ccccc4)cc3)c3c(N)ncnc32)cc1. The molecule has 6 N–H and O–H groups in total. The molecule has 358 valence electrons. The Labute approximate surface area is 411 Å². The van der Waals surface area contributed by atoms with Crippen molar-refractivity contribution < 1.29 is 18.9 Å². The maximum atomic E-state index is 6.29. The van der Waals surface area contributed by atoms with Gasteiger partial charge in [0.25, 0.3) is 0 Å². The fourth-order valence-corrected chi connectivity index (χ4v) is 7.82. The van der Waals surface area contributed by atoms with Crippen LogP contribution >= 0.6 is 0 Å². The normalized spacial score (nSPS) is 11.1. The third-order valence-corrected chi connectivity index (χ3v) is 11.4. The zero-order valence-corrected chi connectivity index (χ0v) is 39.5. The van der Waals surface area contributed by atoms with Crippen LogP contribution in [0.4, 0.5) is 11.6 Å². The molecule has 0 aliphatic carbocycles. The number of nitrogens with one attached hydrogen (secondary N) is 2. The molecule has 0 saturated carbocycles. The van der Waals surface area contributed by atoms with Gasteiger partial charge in [0.2, 0.25) is 0 Å². The number of nitrogen functional groups attached to an aromatic ring is 2. The second kappa shape index (κ2) is 23.2. The van der Waals surface area contributed by atoms with E-state index in [1.54, 1.807) is 18.9 Å². The van der Waals surface area contributed by atoms with Gasteiger partial charge in [-0.05, 0) is 121 Å². The molecule has 0 fully saturated rings. The van der Waals surface area contributed by atoms with Crippen LogP contribution in [0.3, 0.4) is 0 Å². The van der Waals surface area contributed by atoms with E-state index in [2.05, 4.69) is 54.8 Å². The molecule has 0 unspecified atom stereocenters. The third kappa shape index (κ3) is 11.7. The van der Waals surface area contributed by atoms with E-state index >= 15 is 0 Å². The summed E-state index contributed by atoms with van der Waals surface area (Å²) in [5, 5.41) is 18.0. The summed E-state index contributed by atoms with van der Waals surface area (Å²) in [4.78, 5) is 17.4. The highest BCUT2D eigenvalue weighted by Crippen LogP contribution is 2.35. The molecule has 0 amide bonds. The smallest absolute Gasteiger partial charge is 0.169 e. The molecule has 0 atom stereocenters. The maximum Gasteiger partial charge on any atom is 0.169 e. The molecule has 6 aromatic carbocycles. The largest absolute Gasteiger partial charge is 0.457 e. The van der Waals surface area contributed by atoms with Crippen molar-refractivity contribution in [2.45, 2.75) is 19.5 Å². The average molecular weight is 947 g/mol. The summed E-state index contributed by atoms with van der Waals surface area (Å²) in [6.07, 6.45) is 3.91. The van der Waals surface area contributed by atoms with Gasteiger partial charge in [0.1, 0.15) is 58.7 Å². The lowest BCUT2D eigenvalue weighted by Crippen LogP contribution is -2.18. The summed E-state index contributed by atoms with van der Waals surface area (Å²) in [5.74, 6) is 3.82. The number of benzene rings is 6. The minimum Gasteiger partial charge on any atom is -0.457 e. The summed E-state index contributed by atoms with van der Waals surface area (Å²) >= 11 is 0. The molecule has 0 bridgehead atoms. The molecule has 71 heavy (non-hydrogen) atoms. The van der Waals surface area contributed by atoms with E-state index in [9.17, 15) is 0 Å². The number of fused-ring (bicyclic) bond motifs is 2. The van der Waals surface area contributed by atoms with Gasteiger partial charge in [-0.15, -0.1) is 0 Å². The van der Waals surface area contributed by atoms with Crippen molar-refractivity contribution in [3.8, 4) is 56.9 Å². The zero-order chi connectivity index (χ0) is 48.8. The van der Waals surface area contributed by atoms with Gasteiger partial charge in [-0.25, -0.2) is 29.3 Å². The van der Waals surface area contributed by atoms with Crippen LogP contribution in [0.25, 0.3) is 56.0 Å². The van der Waals surface area contributed by atoms with Gasteiger partial charge in [0, 0.05) is 51.6 Å². The number of anilines is 2. The van der Waals surface area contributed by atoms with Crippen LogP contribution in [-0.2, 0) is 22.6 Å². The Morgan fingerprint density at radius 2 is 0.859 bits per heavy atom. The molecular weight excluding hydrogens is 893 g/mol. The Hall–Kier alpha value is -8.54. The minimum atomic E-state index is 0.389. The predicted molar refractivity (Wildman–Crippen MR) is 278 cm³/mol. The molecule has 16 heteroatoms. The monoisotopic (exact) mass is 946 g/mol. The molecular formula is C55H54N12O4. The molecule has 10 aromatic rings. The highest BCUT2D eigenvalue weighted by atomic mass is 16.5. The standard InChI is InChI=1S/C28H28N6O2.C27H26N6O2/c1-35-17-5-16-30-18-20-8-12-22(13-9-20)34-28-25(27(29)31-19-32-28)26(33-34)21-10-14-24(15-11-21)36-23-6-3-2-4-7-23;1-34-16-15-29-17-19-7-11-21(12-8-19)33-27-24(26(28)30-18-31-27)25(32-33)20-9-13-23(14-10-20)35-22-5-3-2-4-6-22/h2-4,6-15,19,30H,5,16-18H2,1H3,(H2,29,31,32);2-14,18,29H,15-17H2,1H3,(H2,28,30,31). The van der Waals surface area contributed by atoms with Gasteiger partial charge in [-0.3, -0.25) is 0 Å². The number of rotatable bonds is 19. The second-order valence-corrected chi connectivity index (χ2v) is 16.3. The van der Waals surface area contributed by atoms with Crippen molar-refractivity contribution in [2.24, 2.45) is 0 Å². The third-order valence-electron chi connectivity index (χ3n) is 11.4. The minimum absolute atomic E-state index is 0.389. The van der Waals surface area contributed by atoms with Gasteiger partial charge in [-0.1, -0.05) is 60.7 Å². The average Bonchev–Trinajstić information content (AvgIpc) is 4.01. The predicted octanol–water partition coefficient (Wildman–Crippen LogP) is 9.58. The molecule has 10 rings (SSSR count). The van der Waals surface area contributed by atoms with Crippen molar-refractivity contribution in [3.63, 3.8) is 0 Å². The summed E-state index contributed by atoms with van der Waals surface area (Å²) in [6, 6.07) is 51.3. The highest BCUT2D eigenvalue weighted by molar-refractivity contribution is 6.00. The van der Waals surface area contributed by atoms with Crippen molar-refractivity contribution in [1.82, 2.24) is 50.1 Å². The number of para-hydroxylation sites is 2. The Morgan fingerprint density at radius 3 is 1.28 bits per heavy atom. The molecule has 16 nitrogen and oxygen atoms in total. The van der Waals surface area contributed by atoms with Crippen LogP contribution in [0, 0.1) is 0 Å². The van der Waals surface area contributed by atoms with E-state index in [-0.39, 0.29) is 0 Å². The van der Waals surface area contributed by atoms with Crippen LogP contribution < -0.4 is 31.6 Å². The summed E-state index contributed by atoms with van der Waals surface area (Å²) in [5.41, 5.74) is 21.3. The first-order valence-electron chi connectivity index (χ1n) is 23.2. The molecule has 0 spiro atoms. The first kappa shape index (κ1) is 47.5. The maximum absolute atomic E-state index is 6.29. The van der Waals surface area contributed by atoms with Gasteiger partial charge in [0.05, 0.1) is 28.8 Å². The van der Waals surface area contributed by atoms with Gasteiger partial charge >= 0.3 is 0 Å². The molecule has 0 aliphatic heterocycles. The van der Waals surface area contributed by atoms with Gasteiger partial charge in [0.15, 0.2) is 11.3 Å². The van der Waals surface area contributed by atoms with E-state index in [0.29, 0.717) is 29.5 Å². The van der Waals surface area contributed by atoms with Gasteiger partial charge in [-0.2, -0.15) is 10.2 Å². The second-order valence-electron chi connectivity index (χ2n) is 16.3. The number of hydrogen-bond acceptors (Lipinski definition) is 14. The Morgan fingerprint density at radius 1 is 0.451 bits per heavy atom. The molecule has 0 radical (unpaired) electrons. The van der Waals surface area contributed by atoms with E-state index < -0.39 is 0 Å². The zero-order valence-electron chi connectivity index (χ0n) is 39.5. The quantitative estimate of drug-likeness (QED) is 0.0559. The summed E-state index contributed by atoms with van der Waals surface area (Å²) in [6.45, 7) is 4.71. The van der Waals surface area contributed by atoms with E-state index in [4.69, 9.17) is 40.6 Å². The number of nitrogens with zero attached hydrogens (tertiary/aromatic N) is 8. The Bertz CT molecular complexity index is 3260. The number of ether oxygens (including phenoxy) is 4. The summed E-state index contributed by atoms with van der Waals surface area (Å²) < 4.78 is 25.6. The number of aromatic nitrogens is 8. The Balaban J connectivity index is 0.000000176. The van der Waals surface area contributed by atoms with E-state index in [0.717, 1.165) is 107 Å². The topological polar surface area (TPSA) is 200 Å². The van der Waals surface area contributed by atoms with Crippen molar-refractivity contribution >= 4 is 33.7 Å². The fraction of sp³-hybridized carbons (Fsp3) is 0.164. The van der Waals surface area contributed by atoms with Crippen LogP contribution in [0.5, 0.6) is 23.0 Å². The van der Waals surface area contributed by atoms with Crippen molar-refractivity contribution in [1.29, 1.82) is 0 Å². The van der Waals surface area contributed by atoms with E-state index in [1.165, 1.54) is 23.8 Å². The number of hydrogen-bond donors (Lipinski definition) is 4. The fourth-order valence-electron chi connectivity index (χ4n) is 7.82. The number of methoxy groups -OCH3 is 2. The lowest BCUT2D eigenvalue weighted by atomic mass is 10.1. The molecule has 4 aromatic heterocycles. The van der Waals surface area contributed by atoms with E-state index in [1.807, 2.05) is 138 Å². The summed E-state index contributed by atoms with van der Waals surface area (Å²) in [7, 11) is 3.42. The molecule has 0 aliphatic rings. The Kier molecular flexibility index (Phi) is 15.5. The van der Waals surface area contributed by atoms with Crippen molar-refractivity contribution in [3.05, 3.63) is 182 Å². The van der Waals surface area contributed by atoms with Crippen LogP contribution in [-0.4, -0.2) is 80.0 Å². The van der Waals surface area contributed by atoms with Crippen LogP contribution in [0.1, 0.15) is 17.5 Å². The molecule has 0 saturated heterocycles. The highest BCUT2D eigenvalue weighted by Gasteiger charge is 2.20. The van der Waals surface area contributed by atoms with Crippen LogP contribution in [0.15, 0.2) is 170 Å². The van der Waals surface area contributed by atoms with Crippen molar-refractivity contribution in [2.75, 3.05) is 52.0 Å². The first-order valence-corrected chi connectivity index (χ1v) is 23.2. The van der Waals surface area contributed by atoms with Crippen LogP contribution in [0.2, 0.25) is 0 Å². The van der Waals surface area contributed by atoms with Gasteiger partial charge < -0.3 is 41.0 Å². The lowest BCUT2D eigenvalue weighted by molar-refractivity contribution is 0.194. The first-order chi connectivity index (χ1) is 34.9.